The molecule has 0 bridgehead atoms. The minimum Gasteiger partial charge on any atom is -0.335 e. The van der Waals surface area contributed by atoms with Gasteiger partial charge in [0.05, 0.1) is 6.54 Å². The molecule has 0 fully saturated rings. The number of carbonyl (C=O) groups excluding carboxylic acids is 1. The quantitative estimate of drug-likeness (QED) is 0.548. The average molecular weight is 170 g/mol. The summed E-state index contributed by atoms with van der Waals surface area (Å²) in [6, 6.07) is 0. The first-order chi connectivity index (χ1) is 5.27. The molecule has 4 heteroatoms. The van der Waals surface area contributed by atoms with Crippen molar-refractivity contribution in [2.45, 2.75) is 19.9 Å². The summed E-state index contributed by atoms with van der Waals surface area (Å²) in [5.41, 5.74) is 1.07. The van der Waals surface area contributed by atoms with Gasteiger partial charge in [0, 0.05) is 11.9 Å². The van der Waals surface area contributed by atoms with Crippen LogP contribution in [0.2, 0.25) is 0 Å². The monoisotopic (exact) mass is 170 g/mol. The molecule has 0 aliphatic heterocycles. The minimum atomic E-state index is 0.343. The lowest BCUT2D eigenvalue weighted by atomic mass is 10.4. The van der Waals surface area contributed by atoms with Crippen molar-refractivity contribution < 1.29 is 4.79 Å². The maximum atomic E-state index is 10.1. The normalized spacial score (nSPS) is 9.91. The SMILES string of the molecule is CCc1cn(CC=O)c(=S)[nH]1. The number of imidazole rings is 1. The largest absolute Gasteiger partial charge is 0.335 e. The molecule has 1 N–H and O–H groups in total. The van der Waals surface area contributed by atoms with Crippen LogP contribution in [0.3, 0.4) is 0 Å². The van der Waals surface area contributed by atoms with E-state index in [1.54, 1.807) is 4.57 Å². The molecule has 0 spiro atoms. The number of hydrogen-bond donors (Lipinski definition) is 1. The lowest BCUT2D eigenvalue weighted by Crippen LogP contribution is -1.95. The number of aromatic nitrogens is 2. The van der Waals surface area contributed by atoms with Crippen molar-refractivity contribution in [3.05, 3.63) is 16.7 Å². The number of rotatable bonds is 3. The molecular formula is C7H10N2OS. The molecule has 1 heterocycles. The van der Waals surface area contributed by atoms with Crippen LogP contribution < -0.4 is 0 Å². The van der Waals surface area contributed by atoms with Crippen LogP contribution in [0.5, 0.6) is 0 Å². The van der Waals surface area contributed by atoms with E-state index in [0.29, 0.717) is 11.3 Å². The van der Waals surface area contributed by atoms with E-state index >= 15 is 0 Å². The third kappa shape index (κ3) is 1.77. The first-order valence-corrected chi connectivity index (χ1v) is 3.90. The predicted octanol–water partition coefficient (Wildman–Crippen LogP) is 1.31. The molecule has 0 aliphatic rings. The molecular weight excluding hydrogens is 160 g/mol. The molecule has 0 atom stereocenters. The van der Waals surface area contributed by atoms with Gasteiger partial charge in [-0.2, -0.15) is 0 Å². The minimum absolute atomic E-state index is 0.343. The molecule has 1 rings (SSSR count). The van der Waals surface area contributed by atoms with Gasteiger partial charge in [-0.05, 0) is 18.6 Å². The lowest BCUT2D eigenvalue weighted by Gasteiger charge is -1.89. The van der Waals surface area contributed by atoms with Gasteiger partial charge < -0.3 is 14.3 Å². The van der Waals surface area contributed by atoms with E-state index in [0.717, 1.165) is 18.4 Å². The van der Waals surface area contributed by atoms with Crippen molar-refractivity contribution in [1.82, 2.24) is 9.55 Å². The van der Waals surface area contributed by atoms with Crippen molar-refractivity contribution in [3.8, 4) is 0 Å². The summed E-state index contributed by atoms with van der Waals surface area (Å²) >= 11 is 4.95. The molecule has 3 nitrogen and oxygen atoms in total. The highest BCUT2D eigenvalue weighted by Gasteiger charge is 1.95. The molecule has 0 aromatic carbocycles. The average Bonchev–Trinajstić information content (AvgIpc) is 2.33. The molecule has 1 aromatic rings. The molecule has 0 saturated carbocycles. The fourth-order valence-corrected chi connectivity index (χ4v) is 1.14. The number of aryl methyl sites for hydroxylation is 1. The molecule has 11 heavy (non-hydrogen) atoms. The lowest BCUT2D eigenvalue weighted by molar-refractivity contribution is -0.108. The smallest absolute Gasteiger partial charge is 0.177 e. The number of nitrogens with one attached hydrogen (secondary N) is 1. The standard InChI is InChI=1S/C7H10N2OS/c1-2-6-5-9(3-4-10)7(11)8-6/h4-5H,2-3H2,1H3,(H,8,11). The second-order valence-corrected chi connectivity index (χ2v) is 2.64. The number of hydrogen-bond acceptors (Lipinski definition) is 2. The van der Waals surface area contributed by atoms with E-state index in [1.165, 1.54) is 0 Å². The highest BCUT2D eigenvalue weighted by atomic mass is 32.1. The van der Waals surface area contributed by atoms with Crippen LogP contribution in [-0.4, -0.2) is 15.8 Å². The third-order valence-corrected chi connectivity index (χ3v) is 1.83. The van der Waals surface area contributed by atoms with Crippen molar-refractivity contribution in [1.29, 1.82) is 0 Å². The molecule has 60 valence electrons. The maximum Gasteiger partial charge on any atom is 0.177 e. The van der Waals surface area contributed by atoms with E-state index in [9.17, 15) is 4.79 Å². The van der Waals surface area contributed by atoms with Crippen LogP contribution in [0, 0.1) is 4.77 Å². The zero-order chi connectivity index (χ0) is 8.27. The molecule has 0 amide bonds. The summed E-state index contributed by atoms with van der Waals surface area (Å²) in [6.45, 7) is 2.38. The number of H-pyrrole nitrogens is 1. The Morgan fingerprint density at radius 3 is 3.00 bits per heavy atom. The van der Waals surface area contributed by atoms with Crippen molar-refractivity contribution in [3.63, 3.8) is 0 Å². The molecule has 1 aromatic heterocycles. The van der Waals surface area contributed by atoms with Crippen molar-refractivity contribution >= 4 is 18.5 Å². The van der Waals surface area contributed by atoms with Crippen LogP contribution in [-0.2, 0) is 17.8 Å². The van der Waals surface area contributed by atoms with Gasteiger partial charge in [-0.1, -0.05) is 6.92 Å². The van der Waals surface area contributed by atoms with E-state index in [2.05, 4.69) is 4.98 Å². The maximum absolute atomic E-state index is 10.1. The fourth-order valence-electron chi connectivity index (χ4n) is 0.884. The van der Waals surface area contributed by atoms with E-state index < -0.39 is 0 Å². The number of carbonyl (C=O) groups is 1. The van der Waals surface area contributed by atoms with Crippen molar-refractivity contribution in [2.24, 2.45) is 0 Å². The molecule has 0 unspecified atom stereocenters. The number of nitrogens with zero attached hydrogens (tertiary/aromatic N) is 1. The van der Waals surface area contributed by atoms with Gasteiger partial charge in [-0.15, -0.1) is 0 Å². The fraction of sp³-hybridized carbons (Fsp3) is 0.429. The zero-order valence-electron chi connectivity index (χ0n) is 6.33. The summed E-state index contributed by atoms with van der Waals surface area (Å²) in [4.78, 5) is 13.1. The Morgan fingerprint density at radius 2 is 2.55 bits per heavy atom. The zero-order valence-corrected chi connectivity index (χ0v) is 7.15. The molecule has 0 saturated heterocycles. The second kappa shape index (κ2) is 3.48. The number of aromatic amines is 1. The Hall–Kier alpha value is -0.900. The summed E-state index contributed by atoms with van der Waals surface area (Å²) < 4.78 is 2.34. The van der Waals surface area contributed by atoms with E-state index in [4.69, 9.17) is 12.2 Å². The number of aldehydes is 1. The van der Waals surface area contributed by atoms with E-state index in [-0.39, 0.29) is 0 Å². The van der Waals surface area contributed by atoms with Crippen LogP contribution in [0.4, 0.5) is 0 Å². The predicted molar refractivity (Wildman–Crippen MR) is 45.1 cm³/mol. The first kappa shape index (κ1) is 8.20. The van der Waals surface area contributed by atoms with Gasteiger partial charge >= 0.3 is 0 Å². The summed E-state index contributed by atoms with van der Waals surface area (Å²) in [7, 11) is 0. The molecule has 0 radical (unpaired) electrons. The van der Waals surface area contributed by atoms with Gasteiger partial charge in [-0.25, -0.2) is 0 Å². The Labute approximate surface area is 70.1 Å². The van der Waals surface area contributed by atoms with Gasteiger partial charge in [0.25, 0.3) is 0 Å². The Balaban J connectivity index is 2.97. The summed E-state index contributed by atoms with van der Waals surface area (Å²) in [5.74, 6) is 0. The van der Waals surface area contributed by atoms with Gasteiger partial charge in [-0.3, -0.25) is 0 Å². The summed E-state index contributed by atoms with van der Waals surface area (Å²) in [5, 5.41) is 0. The Kier molecular flexibility index (Phi) is 2.59. The van der Waals surface area contributed by atoms with Crippen LogP contribution in [0.1, 0.15) is 12.6 Å². The highest BCUT2D eigenvalue weighted by molar-refractivity contribution is 7.71. The van der Waals surface area contributed by atoms with Gasteiger partial charge in [0.1, 0.15) is 6.29 Å². The van der Waals surface area contributed by atoms with Crippen molar-refractivity contribution in [2.75, 3.05) is 0 Å². The van der Waals surface area contributed by atoms with Gasteiger partial charge in [0.15, 0.2) is 4.77 Å². The van der Waals surface area contributed by atoms with Crippen LogP contribution in [0.15, 0.2) is 6.20 Å². The highest BCUT2D eigenvalue weighted by Crippen LogP contribution is 1.98. The molecule has 0 aliphatic carbocycles. The van der Waals surface area contributed by atoms with Gasteiger partial charge in [0.2, 0.25) is 0 Å². The third-order valence-electron chi connectivity index (χ3n) is 1.49. The van der Waals surface area contributed by atoms with Crippen LogP contribution >= 0.6 is 12.2 Å². The Morgan fingerprint density at radius 1 is 1.82 bits per heavy atom. The Bertz CT molecular complexity index is 300. The first-order valence-electron chi connectivity index (χ1n) is 3.50. The summed E-state index contributed by atoms with van der Waals surface area (Å²) in [6.07, 6.45) is 3.62. The van der Waals surface area contributed by atoms with E-state index in [1.807, 2.05) is 13.1 Å². The van der Waals surface area contributed by atoms with Crippen LogP contribution in [0.25, 0.3) is 0 Å². The topological polar surface area (TPSA) is 37.8 Å². The second-order valence-electron chi connectivity index (χ2n) is 2.26.